The van der Waals surface area contributed by atoms with Gasteiger partial charge in [0.05, 0.1) is 13.2 Å². The van der Waals surface area contributed by atoms with Crippen LogP contribution in [-0.4, -0.2) is 50.5 Å². The zero-order chi connectivity index (χ0) is 12.6. The van der Waals surface area contributed by atoms with Crippen LogP contribution in [0.25, 0.3) is 0 Å². The molecule has 0 aliphatic carbocycles. The maximum atomic E-state index is 9.89. The third-order valence-electron chi connectivity index (χ3n) is 2.24. The molecular weight excluding hydrogens is 206 g/mol. The summed E-state index contributed by atoms with van der Waals surface area (Å²) < 4.78 is 10.1. The lowest BCUT2D eigenvalue weighted by atomic mass is 9.94. The Labute approximate surface area is 98.8 Å². The van der Waals surface area contributed by atoms with Gasteiger partial charge in [-0.25, -0.2) is 0 Å². The molecule has 0 heterocycles. The molecule has 0 amide bonds. The van der Waals surface area contributed by atoms with E-state index < -0.39 is 0 Å². The van der Waals surface area contributed by atoms with E-state index in [4.69, 9.17) is 9.47 Å². The molecule has 1 N–H and O–H groups in total. The second-order valence-corrected chi connectivity index (χ2v) is 4.79. The Hall–Kier alpha value is -0.740. The molecule has 0 unspecified atom stereocenters. The van der Waals surface area contributed by atoms with Crippen LogP contribution in [0, 0.1) is 5.41 Å². The van der Waals surface area contributed by atoms with Crippen LogP contribution in [0.15, 0.2) is 12.0 Å². The monoisotopic (exact) mass is 231 g/mol. The van der Waals surface area contributed by atoms with E-state index in [-0.39, 0.29) is 5.41 Å². The van der Waals surface area contributed by atoms with Gasteiger partial charge in [0, 0.05) is 38.9 Å². The average Bonchev–Trinajstić information content (AvgIpc) is 2.20. The summed E-state index contributed by atoms with van der Waals surface area (Å²) in [6.07, 6.45) is 1.78. The Morgan fingerprint density at radius 2 is 1.56 bits per heavy atom. The van der Waals surface area contributed by atoms with Crippen LogP contribution in [0.2, 0.25) is 0 Å². The van der Waals surface area contributed by atoms with Gasteiger partial charge in [-0.3, -0.25) is 0 Å². The van der Waals surface area contributed by atoms with Gasteiger partial charge in [0.25, 0.3) is 0 Å². The highest BCUT2D eigenvalue weighted by Crippen LogP contribution is 2.22. The zero-order valence-corrected chi connectivity index (χ0v) is 11.1. The minimum Gasteiger partial charge on any atom is -0.510 e. The van der Waals surface area contributed by atoms with Crippen molar-refractivity contribution in [2.24, 2.45) is 5.41 Å². The lowest BCUT2D eigenvalue weighted by Gasteiger charge is -2.24. The first-order valence-electron chi connectivity index (χ1n) is 5.55. The van der Waals surface area contributed by atoms with Crippen molar-refractivity contribution < 1.29 is 14.6 Å². The first-order valence-corrected chi connectivity index (χ1v) is 5.55. The van der Waals surface area contributed by atoms with E-state index in [0.717, 1.165) is 13.1 Å². The van der Waals surface area contributed by atoms with E-state index in [1.807, 2.05) is 25.7 Å². The SMILES string of the molecule is COCCN(C=C(O)C(C)(C)C)CCOC. The highest BCUT2D eigenvalue weighted by atomic mass is 16.5. The Morgan fingerprint density at radius 1 is 1.12 bits per heavy atom. The van der Waals surface area contributed by atoms with Crippen molar-refractivity contribution in [2.75, 3.05) is 40.5 Å². The molecule has 0 fully saturated rings. The largest absolute Gasteiger partial charge is 0.510 e. The molecule has 0 spiro atoms. The zero-order valence-electron chi connectivity index (χ0n) is 11.1. The molecule has 0 aromatic heterocycles. The predicted molar refractivity (Wildman–Crippen MR) is 65.5 cm³/mol. The highest BCUT2D eigenvalue weighted by molar-refractivity contribution is 5.00. The van der Waals surface area contributed by atoms with Crippen LogP contribution in [0.1, 0.15) is 20.8 Å². The smallest absolute Gasteiger partial charge is 0.113 e. The molecule has 16 heavy (non-hydrogen) atoms. The van der Waals surface area contributed by atoms with Crippen molar-refractivity contribution >= 4 is 0 Å². The molecule has 96 valence electrons. The average molecular weight is 231 g/mol. The topological polar surface area (TPSA) is 41.9 Å². The summed E-state index contributed by atoms with van der Waals surface area (Å²) in [5.41, 5.74) is -0.224. The molecule has 0 bridgehead atoms. The molecule has 0 aliphatic rings. The molecule has 0 saturated heterocycles. The van der Waals surface area contributed by atoms with E-state index in [9.17, 15) is 5.11 Å². The normalized spacial score (nSPS) is 12.9. The van der Waals surface area contributed by atoms with Crippen LogP contribution >= 0.6 is 0 Å². The molecule has 0 rings (SSSR count). The van der Waals surface area contributed by atoms with Crippen LogP contribution in [0.3, 0.4) is 0 Å². The van der Waals surface area contributed by atoms with Gasteiger partial charge in [-0.1, -0.05) is 20.8 Å². The van der Waals surface area contributed by atoms with Crippen molar-refractivity contribution in [1.29, 1.82) is 0 Å². The van der Waals surface area contributed by atoms with Gasteiger partial charge in [0.1, 0.15) is 5.76 Å². The van der Waals surface area contributed by atoms with Crippen molar-refractivity contribution in [2.45, 2.75) is 20.8 Å². The molecule has 0 radical (unpaired) electrons. The lowest BCUT2D eigenvalue weighted by molar-refractivity contribution is 0.133. The Morgan fingerprint density at radius 3 is 1.88 bits per heavy atom. The lowest BCUT2D eigenvalue weighted by Crippen LogP contribution is -2.27. The predicted octanol–water partition coefficient (Wildman–Crippen LogP) is 2.03. The summed E-state index contributed by atoms with van der Waals surface area (Å²) in [5, 5.41) is 9.89. The number of aliphatic hydroxyl groups is 1. The maximum Gasteiger partial charge on any atom is 0.113 e. The van der Waals surface area contributed by atoms with Gasteiger partial charge in [0.15, 0.2) is 0 Å². The van der Waals surface area contributed by atoms with Gasteiger partial charge < -0.3 is 19.5 Å². The third kappa shape index (κ3) is 6.69. The number of hydrogen-bond donors (Lipinski definition) is 1. The molecule has 0 aromatic carbocycles. The number of hydrogen-bond acceptors (Lipinski definition) is 4. The summed E-state index contributed by atoms with van der Waals surface area (Å²) in [5.74, 6) is 0.375. The highest BCUT2D eigenvalue weighted by Gasteiger charge is 2.16. The number of aliphatic hydroxyl groups excluding tert-OH is 1. The second-order valence-electron chi connectivity index (χ2n) is 4.79. The standard InChI is InChI=1S/C12H25NO3/c1-12(2,3)11(14)10-13(6-8-15-4)7-9-16-5/h10,14H,6-9H2,1-5H3. The molecule has 4 heteroatoms. The Balaban J connectivity index is 4.38. The number of methoxy groups -OCH3 is 2. The first kappa shape index (κ1) is 15.3. The van der Waals surface area contributed by atoms with E-state index >= 15 is 0 Å². The van der Waals surface area contributed by atoms with E-state index in [1.165, 1.54) is 0 Å². The van der Waals surface area contributed by atoms with Crippen molar-refractivity contribution in [3.05, 3.63) is 12.0 Å². The fraction of sp³-hybridized carbons (Fsp3) is 0.833. The fourth-order valence-corrected chi connectivity index (χ4v) is 1.02. The Kier molecular flexibility index (Phi) is 7.17. The minimum absolute atomic E-state index is 0.224. The molecule has 0 atom stereocenters. The summed E-state index contributed by atoms with van der Waals surface area (Å²) in [4.78, 5) is 2.01. The van der Waals surface area contributed by atoms with Crippen molar-refractivity contribution in [3.63, 3.8) is 0 Å². The number of rotatable bonds is 7. The number of allylic oxidation sites excluding steroid dienone is 1. The molecule has 0 aromatic rings. The van der Waals surface area contributed by atoms with Crippen LogP contribution in [0.5, 0.6) is 0 Å². The summed E-state index contributed by atoms with van der Waals surface area (Å²) in [6.45, 7) is 8.70. The fourth-order valence-electron chi connectivity index (χ4n) is 1.02. The van der Waals surface area contributed by atoms with E-state index in [2.05, 4.69) is 0 Å². The molecular formula is C12H25NO3. The van der Waals surface area contributed by atoms with Crippen molar-refractivity contribution in [3.8, 4) is 0 Å². The summed E-state index contributed by atoms with van der Waals surface area (Å²) in [6, 6.07) is 0. The first-order chi connectivity index (χ1) is 7.41. The van der Waals surface area contributed by atoms with Gasteiger partial charge in [-0.15, -0.1) is 0 Å². The number of ether oxygens (including phenoxy) is 2. The van der Waals surface area contributed by atoms with Crippen LogP contribution < -0.4 is 0 Å². The van der Waals surface area contributed by atoms with Crippen molar-refractivity contribution in [1.82, 2.24) is 4.90 Å². The van der Waals surface area contributed by atoms with E-state index in [1.54, 1.807) is 20.4 Å². The van der Waals surface area contributed by atoms with Gasteiger partial charge in [-0.05, 0) is 0 Å². The van der Waals surface area contributed by atoms with Gasteiger partial charge >= 0.3 is 0 Å². The third-order valence-corrected chi connectivity index (χ3v) is 2.24. The molecule has 0 saturated carbocycles. The summed E-state index contributed by atoms with van der Waals surface area (Å²) in [7, 11) is 3.34. The maximum absolute atomic E-state index is 9.89. The van der Waals surface area contributed by atoms with Gasteiger partial charge in [0.2, 0.25) is 0 Å². The quantitative estimate of drug-likeness (QED) is 0.681. The second kappa shape index (κ2) is 7.52. The van der Waals surface area contributed by atoms with Crippen LogP contribution in [0.4, 0.5) is 0 Å². The van der Waals surface area contributed by atoms with Gasteiger partial charge in [-0.2, -0.15) is 0 Å². The van der Waals surface area contributed by atoms with Crippen LogP contribution in [-0.2, 0) is 9.47 Å². The molecule has 0 aliphatic heterocycles. The number of nitrogens with zero attached hydrogens (tertiary/aromatic N) is 1. The van der Waals surface area contributed by atoms with E-state index in [0.29, 0.717) is 19.0 Å². The Bertz CT molecular complexity index is 201. The minimum atomic E-state index is -0.224. The summed E-state index contributed by atoms with van der Waals surface area (Å²) >= 11 is 0. The molecule has 4 nitrogen and oxygen atoms in total.